The van der Waals surface area contributed by atoms with Gasteiger partial charge < -0.3 is 13.8 Å². The van der Waals surface area contributed by atoms with E-state index in [2.05, 4.69) is 205 Å². The molecule has 0 N–H and O–H groups in total. The van der Waals surface area contributed by atoms with E-state index in [-0.39, 0.29) is 28.5 Å². The maximum absolute atomic E-state index is 7.06. The lowest BCUT2D eigenvalue weighted by Gasteiger charge is -2.42. The van der Waals surface area contributed by atoms with Crippen molar-refractivity contribution >= 4 is 104 Å². The average Bonchev–Trinajstić information content (AvgIpc) is 4.03. The minimum atomic E-state index is -0.123. The molecule has 0 atom stereocenters. The zero-order chi connectivity index (χ0) is 46.1. The molecular formula is C63H53BN2OS. The SMILES string of the molecule is CC(C)(C)c1ccc(N2B3c4cc5sc6ccccc6c5cc4-n4c5cc6c(cc5c5ccc(c3c54)-c3cc4oc5cc7c(cc5c4cc32)C(C)(C)CCC7(C)C)-c2ccccc2C6(C)C)cc1. The lowest BCUT2D eigenvalue weighted by molar-refractivity contribution is 0.332. The summed E-state index contributed by atoms with van der Waals surface area (Å²) in [5.41, 5.74) is 23.3. The standard InChI is InChI=1S/C63H53BN2OS/c1-60(2,3)34-18-20-35(21-19-34)66-52-28-44-43-27-48-49(62(6,7)25-24-61(48,4)5)32-55(43)67-54(44)30-42(52)38-22-23-39-41-26-40-36-14-10-12-16-46(36)63(8,9)47(40)31-51(41)65-53-29-45-37-15-11-13-17-56(37)68-57(45)33-50(53)64(66)58(38)59(39)65/h10-23,26-33H,24-25H2,1-9H3. The molecule has 4 aliphatic rings. The summed E-state index contributed by atoms with van der Waals surface area (Å²) in [5, 5.41) is 7.67. The molecular weight excluding hydrogens is 844 g/mol. The predicted molar refractivity (Wildman–Crippen MR) is 292 cm³/mol. The Morgan fingerprint density at radius 2 is 1.24 bits per heavy atom. The molecule has 5 heterocycles. The minimum Gasteiger partial charge on any atom is -0.456 e. The fraction of sp³-hybridized carbons (Fsp3) is 0.238. The molecule has 3 nitrogen and oxygen atoms in total. The normalized spacial score (nSPS) is 17.1. The van der Waals surface area contributed by atoms with Crippen LogP contribution >= 0.6 is 11.3 Å². The molecule has 2 aliphatic heterocycles. The van der Waals surface area contributed by atoms with E-state index in [1.165, 1.54) is 144 Å². The maximum atomic E-state index is 7.06. The Hall–Kier alpha value is -6.56. The van der Waals surface area contributed by atoms with Crippen LogP contribution in [0.1, 0.15) is 103 Å². The number of thiophene rings is 1. The van der Waals surface area contributed by atoms with Crippen LogP contribution in [0.15, 0.2) is 138 Å². The molecule has 0 bridgehead atoms. The van der Waals surface area contributed by atoms with Crippen molar-refractivity contribution in [1.82, 2.24) is 4.57 Å². The van der Waals surface area contributed by atoms with E-state index in [1.54, 1.807) is 0 Å². The first-order chi connectivity index (χ1) is 32.6. The summed E-state index contributed by atoms with van der Waals surface area (Å²) in [6.07, 6.45) is 2.34. The van der Waals surface area contributed by atoms with Crippen LogP contribution in [0.3, 0.4) is 0 Å². The van der Waals surface area contributed by atoms with Gasteiger partial charge in [-0.25, -0.2) is 0 Å². The summed E-state index contributed by atoms with van der Waals surface area (Å²) in [5.74, 6) is 0. The highest BCUT2D eigenvalue weighted by Crippen LogP contribution is 2.54. The third kappa shape index (κ3) is 4.91. The molecule has 0 radical (unpaired) electrons. The van der Waals surface area contributed by atoms with E-state index in [0.29, 0.717) is 0 Å². The molecule has 330 valence electrons. The number of fused-ring (bicyclic) bond motifs is 18. The monoisotopic (exact) mass is 896 g/mol. The minimum absolute atomic E-state index is 0.0287. The Bertz CT molecular complexity index is 4110. The lowest BCUT2D eigenvalue weighted by atomic mass is 9.44. The smallest absolute Gasteiger partial charge is 0.333 e. The topological polar surface area (TPSA) is 21.3 Å². The molecule has 0 unspecified atom stereocenters. The molecule has 68 heavy (non-hydrogen) atoms. The van der Waals surface area contributed by atoms with E-state index in [0.717, 1.165) is 11.2 Å². The van der Waals surface area contributed by atoms with Crippen LogP contribution in [0.2, 0.25) is 0 Å². The zero-order valence-corrected chi connectivity index (χ0v) is 41.2. The van der Waals surface area contributed by atoms with Gasteiger partial charge in [-0.3, -0.25) is 0 Å². The molecule has 2 aliphatic carbocycles. The molecule has 0 saturated carbocycles. The summed E-state index contributed by atoms with van der Waals surface area (Å²) in [6.45, 7) is 21.3. The van der Waals surface area contributed by atoms with E-state index in [4.69, 9.17) is 4.42 Å². The fourth-order valence-corrected chi connectivity index (χ4v) is 14.7. The zero-order valence-electron chi connectivity index (χ0n) is 40.4. The molecule has 15 rings (SSSR count). The Kier molecular flexibility index (Phi) is 7.28. The number of aromatic nitrogens is 1. The predicted octanol–water partition coefficient (Wildman–Crippen LogP) is 16.2. The van der Waals surface area contributed by atoms with Gasteiger partial charge in [0.25, 0.3) is 0 Å². The largest absolute Gasteiger partial charge is 0.456 e. The molecule has 0 saturated heterocycles. The van der Waals surface area contributed by atoms with Crippen molar-refractivity contribution in [1.29, 1.82) is 0 Å². The second-order valence-electron chi connectivity index (χ2n) is 23.5. The van der Waals surface area contributed by atoms with Gasteiger partial charge in [-0.2, -0.15) is 0 Å². The summed E-state index contributed by atoms with van der Waals surface area (Å²) < 4.78 is 12.4. The second-order valence-corrected chi connectivity index (χ2v) is 24.6. The molecule has 0 amide bonds. The number of hydrogen-bond acceptors (Lipinski definition) is 3. The van der Waals surface area contributed by atoms with Crippen LogP contribution in [0.25, 0.3) is 91.9 Å². The summed E-state index contributed by atoms with van der Waals surface area (Å²) in [4.78, 5) is 2.70. The van der Waals surface area contributed by atoms with Crippen molar-refractivity contribution in [2.45, 2.75) is 96.8 Å². The highest BCUT2D eigenvalue weighted by Gasteiger charge is 2.46. The van der Waals surface area contributed by atoms with Crippen LogP contribution < -0.4 is 15.7 Å². The van der Waals surface area contributed by atoms with Gasteiger partial charge in [-0.1, -0.05) is 129 Å². The Labute approximate surface area is 402 Å². The first kappa shape index (κ1) is 39.4. The Morgan fingerprint density at radius 1 is 0.529 bits per heavy atom. The third-order valence-corrected chi connectivity index (χ3v) is 18.5. The Balaban J connectivity index is 1.09. The molecule has 8 aromatic carbocycles. The highest BCUT2D eigenvalue weighted by molar-refractivity contribution is 7.26. The van der Waals surface area contributed by atoms with Gasteiger partial charge in [0.15, 0.2) is 0 Å². The fourth-order valence-electron chi connectivity index (χ4n) is 13.5. The highest BCUT2D eigenvalue weighted by atomic mass is 32.1. The van der Waals surface area contributed by atoms with E-state index in [1.807, 2.05) is 11.3 Å². The number of benzene rings is 8. The maximum Gasteiger partial charge on any atom is 0.333 e. The van der Waals surface area contributed by atoms with E-state index >= 15 is 0 Å². The van der Waals surface area contributed by atoms with Gasteiger partial charge in [-0.05, 0) is 151 Å². The van der Waals surface area contributed by atoms with Gasteiger partial charge in [0.2, 0.25) is 0 Å². The van der Waals surface area contributed by atoms with Crippen molar-refractivity contribution in [3.05, 3.63) is 161 Å². The van der Waals surface area contributed by atoms with Crippen molar-refractivity contribution < 1.29 is 4.42 Å². The van der Waals surface area contributed by atoms with E-state index in [9.17, 15) is 0 Å². The quantitative estimate of drug-likeness (QED) is 0.153. The van der Waals surface area contributed by atoms with Crippen LogP contribution in [-0.4, -0.2) is 11.4 Å². The van der Waals surface area contributed by atoms with Gasteiger partial charge in [0, 0.05) is 69.8 Å². The first-order valence-electron chi connectivity index (χ1n) is 24.7. The van der Waals surface area contributed by atoms with E-state index < -0.39 is 0 Å². The van der Waals surface area contributed by atoms with Gasteiger partial charge in [0.05, 0.1) is 11.0 Å². The molecule has 0 fully saturated rings. The number of furan rings is 1. The first-order valence-corrected chi connectivity index (χ1v) is 25.5. The summed E-state index contributed by atoms with van der Waals surface area (Å²) in [6, 6.07) is 52.4. The lowest BCUT2D eigenvalue weighted by Crippen LogP contribution is -2.60. The summed E-state index contributed by atoms with van der Waals surface area (Å²) in [7, 11) is 0. The molecule has 11 aromatic rings. The number of anilines is 2. The number of nitrogens with zero attached hydrogens (tertiary/aromatic N) is 2. The van der Waals surface area contributed by atoms with Crippen LogP contribution in [0.5, 0.6) is 0 Å². The van der Waals surface area contributed by atoms with Gasteiger partial charge >= 0.3 is 6.85 Å². The van der Waals surface area contributed by atoms with Gasteiger partial charge in [0.1, 0.15) is 11.2 Å². The molecule has 0 spiro atoms. The van der Waals surface area contributed by atoms with Crippen molar-refractivity contribution in [3.8, 4) is 27.9 Å². The van der Waals surface area contributed by atoms with Crippen molar-refractivity contribution in [3.63, 3.8) is 0 Å². The molecule has 3 aromatic heterocycles. The average molecular weight is 897 g/mol. The van der Waals surface area contributed by atoms with Crippen LogP contribution in [-0.2, 0) is 21.7 Å². The Morgan fingerprint density at radius 3 is 2.03 bits per heavy atom. The third-order valence-electron chi connectivity index (χ3n) is 17.4. The second kappa shape index (κ2) is 12.6. The van der Waals surface area contributed by atoms with Crippen molar-refractivity contribution in [2.75, 3.05) is 4.81 Å². The molecule has 5 heteroatoms. The van der Waals surface area contributed by atoms with Crippen LogP contribution in [0.4, 0.5) is 11.4 Å². The van der Waals surface area contributed by atoms with Crippen molar-refractivity contribution in [2.24, 2.45) is 0 Å². The number of rotatable bonds is 1. The van der Waals surface area contributed by atoms with Gasteiger partial charge in [-0.15, -0.1) is 11.3 Å². The van der Waals surface area contributed by atoms with Crippen LogP contribution in [0, 0.1) is 0 Å². The number of hydrogen-bond donors (Lipinski definition) is 0. The summed E-state index contributed by atoms with van der Waals surface area (Å²) >= 11 is 1.92.